The number of carbonyl (C=O) groups is 1. The van der Waals surface area contributed by atoms with E-state index in [0.717, 1.165) is 38.0 Å². The zero-order valence-electron chi connectivity index (χ0n) is 19.4. The van der Waals surface area contributed by atoms with Crippen LogP contribution in [0.3, 0.4) is 0 Å². The fourth-order valence-corrected chi connectivity index (χ4v) is 4.11. The van der Waals surface area contributed by atoms with Gasteiger partial charge in [-0.05, 0) is 63.4 Å². The number of piperidine rings is 2. The van der Waals surface area contributed by atoms with Gasteiger partial charge in [0, 0.05) is 36.8 Å². The lowest BCUT2D eigenvalue weighted by Gasteiger charge is -2.25. The molecule has 2 aromatic rings. The van der Waals surface area contributed by atoms with Crippen molar-refractivity contribution in [3.8, 4) is 11.5 Å². The van der Waals surface area contributed by atoms with Gasteiger partial charge in [0.1, 0.15) is 11.5 Å². The molecule has 2 N–H and O–H groups in total. The molecule has 0 bridgehead atoms. The maximum absolute atomic E-state index is 11.8. The van der Waals surface area contributed by atoms with Crippen LogP contribution >= 0.6 is 0 Å². The van der Waals surface area contributed by atoms with Crippen molar-refractivity contribution >= 4 is 18.1 Å². The molecule has 2 aromatic carbocycles. The molecule has 0 unspecified atom stereocenters. The minimum absolute atomic E-state index is 0.0351. The van der Waals surface area contributed by atoms with Crippen molar-refractivity contribution in [3.63, 3.8) is 0 Å². The molecule has 0 saturated carbocycles. The molecule has 2 aliphatic rings. The summed E-state index contributed by atoms with van der Waals surface area (Å²) in [4.78, 5) is 16.2. The molecule has 4 rings (SSSR count). The molecule has 2 aliphatic heterocycles. The van der Waals surface area contributed by atoms with E-state index in [1.54, 1.807) is 36.4 Å². The zero-order chi connectivity index (χ0) is 23.3. The van der Waals surface area contributed by atoms with Crippen molar-refractivity contribution in [2.75, 3.05) is 32.7 Å². The number of carbonyl (C=O) groups excluding carboxylic acids is 1. The van der Waals surface area contributed by atoms with Crippen LogP contribution in [0.2, 0.25) is 0 Å². The summed E-state index contributed by atoms with van der Waals surface area (Å²) in [5.74, 6) is 0.598. The highest BCUT2D eigenvalue weighted by molar-refractivity contribution is 5.92. The number of nitrogens with zero attached hydrogens (tertiary/aromatic N) is 2. The first-order valence-electron chi connectivity index (χ1n) is 12.1. The van der Waals surface area contributed by atoms with Crippen molar-refractivity contribution in [2.45, 2.75) is 38.5 Å². The molecule has 2 heterocycles. The number of rotatable bonds is 5. The second kappa shape index (κ2) is 13.5. The lowest BCUT2D eigenvalue weighted by Crippen LogP contribution is -2.34. The first-order chi connectivity index (χ1) is 16.1. The maximum Gasteiger partial charge on any atom is 0.246 e. The van der Waals surface area contributed by atoms with Gasteiger partial charge >= 0.3 is 0 Å². The van der Waals surface area contributed by atoms with E-state index in [1.165, 1.54) is 38.8 Å². The second-order valence-electron chi connectivity index (χ2n) is 8.60. The van der Waals surface area contributed by atoms with Crippen LogP contribution in [0.5, 0.6) is 11.5 Å². The van der Waals surface area contributed by atoms with Crippen molar-refractivity contribution < 1.29 is 15.0 Å². The molecule has 0 radical (unpaired) electrons. The van der Waals surface area contributed by atoms with Gasteiger partial charge < -0.3 is 15.1 Å². The number of hydrogen-bond donors (Lipinski definition) is 2. The highest BCUT2D eigenvalue weighted by Gasteiger charge is 2.13. The lowest BCUT2D eigenvalue weighted by molar-refractivity contribution is -0.126. The van der Waals surface area contributed by atoms with Crippen LogP contribution < -0.4 is 0 Å². The summed E-state index contributed by atoms with van der Waals surface area (Å²) < 4.78 is 0. The van der Waals surface area contributed by atoms with Gasteiger partial charge in [0.15, 0.2) is 0 Å². The molecule has 1 amide bonds. The van der Waals surface area contributed by atoms with Crippen LogP contribution in [-0.2, 0) is 4.79 Å². The Morgan fingerprint density at radius 2 is 1.24 bits per heavy atom. The monoisotopic (exact) mass is 448 g/mol. The van der Waals surface area contributed by atoms with Crippen molar-refractivity contribution in [1.82, 2.24) is 9.80 Å². The lowest BCUT2D eigenvalue weighted by atomic mass is 10.1. The van der Waals surface area contributed by atoms with Crippen LogP contribution in [0.25, 0.3) is 12.2 Å². The summed E-state index contributed by atoms with van der Waals surface area (Å²) in [5, 5.41) is 19.1. The molecule has 5 nitrogen and oxygen atoms in total. The predicted molar refractivity (Wildman–Crippen MR) is 135 cm³/mol. The minimum atomic E-state index is 0.0351. The first-order valence-corrected chi connectivity index (χ1v) is 12.1. The van der Waals surface area contributed by atoms with E-state index in [1.807, 2.05) is 35.2 Å². The maximum atomic E-state index is 11.8. The van der Waals surface area contributed by atoms with E-state index in [4.69, 9.17) is 0 Å². The van der Waals surface area contributed by atoms with Crippen LogP contribution in [0.1, 0.15) is 49.7 Å². The van der Waals surface area contributed by atoms with E-state index in [9.17, 15) is 15.0 Å². The SMILES string of the molecule is O=C(/C=C/c1ccccc1O)N1CCCCC1.Oc1ccccc1/C=C/CN1CCCCC1. The van der Waals surface area contributed by atoms with E-state index in [-0.39, 0.29) is 11.7 Å². The Labute approximate surface area is 197 Å². The number of benzene rings is 2. The number of phenolic OH excluding ortho intramolecular Hbond substituents is 2. The Balaban J connectivity index is 0.000000186. The minimum Gasteiger partial charge on any atom is -0.507 e. The highest BCUT2D eigenvalue weighted by atomic mass is 16.3. The third-order valence-electron chi connectivity index (χ3n) is 6.06. The van der Waals surface area contributed by atoms with E-state index >= 15 is 0 Å². The molecule has 0 aromatic heterocycles. The van der Waals surface area contributed by atoms with Crippen LogP contribution in [0.15, 0.2) is 60.7 Å². The number of phenols is 2. The molecule has 5 heteroatoms. The summed E-state index contributed by atoms with van der Waals surface area (Å²) in [5.41, 5.74) is 1.58. The van der Waals surface area contributed by atoms with Gasteiger partial charge in [0.25, 0.3) is 0 Å². The number of para-hydroxylation sites is 2. The summed E-state index contributed by atoms with van der Waals surface area (Å²) in [6.07, 6.45) is 14.8. The number of aromatic hydroxyl groups is 2. The van der Waals surface area contributed by atoms with Gasteiger partial charge in [-0.15, -0.1) is 0 Å². The highest BCUT2D eigenvalue weighted by Crippen LogP contribution is 2.18. The van der Waals surface area contributed by atoms with E-state index < -0.39 is 0 Å². The summed E-state index contributed by atoms with van der Waals surface area (Å²) >= 11 is 0. The smallest absolute Gasteiger partial charge is 0.246 e. The molecule has 0 atom stereocenters. The first kappa shape index (κ1) is 24.6. The average Bonchev–Trinajstić information content (AvgIpc) is 2.86. The van der Waals surface area contributed by atoms with Gasteiger partial charge in [0.2, 0.25) is 5.91 Å². The Morgan fingerprint density at radius 1 is 0.727 bits per heavy atom. The third-order valence-corrected chi connectivity index (χ3v) is 6.06. The molecular formula is C28H36N2O3. The number of hydrogen-bond acceptors (Lipinski definition) is 4. The third kappa shape index (κ3) is 8.43. The van der Waals surface area contributed by atoms with Gasteiger partial charge in [-0.3, -0.25) is 9.69 Å². The van der Waals surface area contributed by atoms with E-state index in [2.05, 4.69) is 11.0 Å². The topological polar surface area (TPSA) is 64.0 Å². The number of amides is 1. The van der Waals surface area contributed by atoms with E-state index in [0.29, 0.717) is 11.3 Å². The van der Waals surface area contributed by atoms with Crippen molar-refractivity contribution in [3.05, 3.63) is 71.8 Å². The van der Waals surface area contributed by atoms with Gasteiger partial charge in [-0.1, -0.05) is 55.0 Å². The van der Waals surface area contributed by atoms with Crippen molar-refractivity contribution in [2.24, 2.45) is 0 Å². The molecule has 0 aliphatic carbocycles. The summed E-state index contributed by atoms with van der Waals surface area (Å²) in [6, 6.07) is 14.4. The number of likely N-dealkylation sites (tertiary alicyclic amines) is 2. The normalized spacial score (nSPS) is 17.2. The Kier molecular flexibility index (Phi) is 10.0. The van der Waals surface area contributed by atoms with Gasteiger partial charge in [-0.2, -0.15) is 0 Å². The van der Waals surface area contributed by atoms with Crippen LogP contribution in [-0.4, -0.2) is 58.6 Å². The molecular weight excluding hydrogens is 412 g/mol. The van der Waals surface area contributed by atoms with Gasteiger partial charge in [-0.25, -0.2) is 0 Å². The fourth-order valence-electron chi connectivity index (χ4n) is 4.11. The standard InChI is InChI=1S/C14H17NO2.C14H19NO/c16-13-7-3-2-6-12(13)8-9-14(17)15-10-4-1-5-11-15;16-14-9-3-2-7-13(14)8-6-12-15-10-4-1-5-11-15/h2-3,6-9,16H,1,4-5,10-11H2;2-3,6-9,16H,1,4-5,10-12H2/b9-8+;8-6+. The Morgan fingerprint density at radius 3 is 1.82 bits per heavy atom. The fraction of sp³-hybridized carbons (Fsp3) is 0.393. The Bertz CT molecular complexity index is 926. The molecule has 176 valence electrons. The largest absolute Gasteiger partial charge is 0.507 e. The molecule has 2 fully saturated rings. The van der Waals surface area contributed by atoms with Gasteiger partial charge in [0.05, 0.1) is 0 Å². The molecule has 0 spiro atoms. The second-order valence-corrected chi connectivity index (χ2v) is 8.60. The Hall–Kier alpha value is -3.05. The van der Waals surface area contributed by atoms with Crippen molar-refractivity contribution in [1.29, 1.82) is 0 Å². The zero-order valence-corrected chi connectivity index (χ0v) is 19.4. The predicted octanol–water partition coefficient (Wildman–Crippen LogP) is 5.31. The summed E-state index contributed by atoms with van der Waals surface area (Å²) in [7, 11) is 0. The van der Waals surface area contributed by atoms with Crippen LogP contribution in [0.4, 0.5) is 0 Å². The quantitative estimate of drug-likeness (QED) is 0.609. The summed E-state index contributed by atoms with van der Waals surface area (Å²) in [6.45, 7) is 5.12. The average molecular weight is 449 g/mol. The van der Waals surface area contributed by atoms with Crippen LogP contribution in [0, 0.1) is 0 Å². The molecule has 33 heavy (non-hydrogen) atoms. The molecule has 2 saturated heterocycles.